The number of hydrazone groups is 1. The largest absolute Gasteiger partial charge is 0.478 e. The van der Waals surface area contributed by atoms with Crippen molar-refractivity contribution in [2.45, 2.75) is 0 Å². The SMILES string of the molecule is O=C(O)c1ccc(-c2nn(-c3ccc(C(=O)O)cc3)cc2/C=N/Nc2ccc(F)cc2F)cc1. The maximum atomic E-state index is 13.9. The van der Waals surface area contributed by atoms with Crippen molar-refractivity contribution in [3.05, 3.63) is 101 Å². The predicted octanol–water partition coefficient (Wildman–Crippen LogP) is 4.66. The Bertz CT molecular complexity index is 1400. The first kappa shape index (κ1) is 22.3. The monoisotopic (exact) mass is 462 g/mol. The van der Waals surface area contributed by atoms with Crippen molar-refractivity contribution in [2.24, 2.45) is 5.10 Å². The summed E-state index contributed by atoms with van der Waals surface area (Å²) >= 11 is 0. The Labute approximate surface area is 191 Å². The summed E-state index contributed by atoms with van der Waals surface area (Å²) in [5.41, 5.74) is 4.83. The first-order valence-electron chi connectivity index (χ1n) is 9.83. The van der Waals surface area contributed by atoms with Crippen molar-refractivity contribution in [2.75, 3.05) is 5.43 Å². The number of hydrogen-bond donors (Lipinski definition) is 3. The van der Waals surface area contributed by atoms with Crippen LogP contribution >= 0.6 is 0 Å². The zero-order valence-corrected chi connectivity index (χ0v) is 17.3. The highest BCUT2D eigenvalue weighted by Gasteiger charge is 2.13. The Morgan fingerprint density at radius 3 is 2.12 bits per heavy atom. The van der Waals surface area contributed by atoms with E-state index in [0.717, 1.165) is 12.1 Å². The van der Waals surface area contributed by atoms with Gasteiger partial charge in [0.15, 0.2) is 5.82 Å². The molecule has 0 radical (unpaired) electrons. The molecule has 0 bridgehead atoms. The van der Waals surface area contributed by atoms with Crippen molar-refractivity contribution >= 4 is 23.8 Å². The maximum Gasteiger partial charge on any atom is 0.335 e. The molecule has 8 nitrogen and oxygen atoms in total. The van der Waals surface area contributed by atoms with E-state index in [1.165, 1.54) is 41.2 Å². The van der Waals surface area contributed by atoms with E-state index in [4.69, 9.17) is 10.2 Å². The molecule has 0 saturated heterocycles. The van der Waals surface area contributed by atoms with Crippen LogP contribution in [0.15, 0.2) is 78.0 Å². The fourth-order valence-corrected chi connectivity index (χ4v) is 3.12. The average molecular weight is 462 g/mol. The second-order valence-electron chi connectivity index (χ2n) is 7.11. The number of rotatable bonds is 7. The van der Waals surface area contributed by atoms with E-state index in [0.29, 0.717) is 22.5 Å². The van der Waals surface area contributed by atoms with Gasteiger partial charge in [0, 0.05) is 23.4 Å². The van der Waals surface area contributed by atoms with E-state index in [1.54, 1.807) is 30.5 Å². The van der Waals surface area contributed by atoms with Crippen molar-refractivity contribution in [3.63, 3.8) is 0 Å². The number of aromatic carboxylic acids is 2. The number of carboxylic acid groups (broad SMARTS) is 2. The van der Waals surface area contributed by atoms with E-state index in [9.17, 15) is 18.4 Å². The standard InChI is InChI=1S/C24H16F2N4O4/c25-18-7-10-21(20(26)11-18)28-27-12-17-13-30(19-8-5-16(6-9-19)24(33)34)29-22(17)14-1-3-15(4-2-14)23(31)32/h1-13,28H,(H,31,32)(H,33,34)/b27-12+. The summed E-state index contributed by atoms with van der Waals surface area (Å²) in [6.45, 7) is 0. The highest BCUT2D eigenvalue weighted by atomic mass is 19.1. The molecule has 0 aliphatic heterocycles. The molecule has 170 valence electrons. The molecular weight excluding hydrogens is 446 g/mol. The molecule has 10 heteroatoms. The molecule has 0 saturated carbocycles. The molecule has 0 unspecified atom stereocenters. The normalized spacial score (nSPS) is 11.0. The van der Waals surface area contributed by atoms with Gasteiger partial charge in [-0.15, -0.1) is 0 Å². The summed E-state index contributed by atoms with van der Waals surface area (Å²) in [5, 5.41) is 26.8. The van der Waals surface area contributed by atoms with Gasteiger partial charge in [-0.1, -0.05) is 12.1 Å². The molecule has 0 atom stereocenters. The lowest BCUT2D eigenvalue weighted by atomic mass is 10.1. The summed E-state index contributed by atoms with van der Waals surface area (Å²) < 4.78 is 28.5. The van der Waals surface area contributed by atoms with Crippen LogP contribution in [0.3, 0.4) is 0 Å². The number of benzene rings is 3. The Kier molecular flexibility index (Phi) is 6.13. The number of nitrogens with one attached hydrogen (secondary N) is 1. The van der Waals surface area contributed by atoms with E-state index in [1.807, 2.05) is 0 Å². The highest BCUT2D eigenvalue weighted by molar-refractivity contribution is 5.91. The van der Waals surface area contributed by atoms with Gasteiger partial charge < -0.3 is 10.2 Å². The lowest BCUT2D eigenvalue weighted by Gasteiger charge is -2.03. The van der Waals surface area contributed by atoms with Gasteiger partial charge in [-0.25, -0.2) is 23.1 Å². The van der Waals surface area contributed by atoms with E-state index >= 15 is 0 Å². The summed E-state index contributed by atoms with van der Waals surface area (Å²) in [6, 6.07) is 15.1. The summed E-state index contributed by atoms with van der Waals surface area (Å²) in [7, 11) is 0. The van der Waals surface area contributed by atoms with Crippen LogP contribution in [-0.4, -0.2) is 38.1 Å². The fraction of sp³-hybridized carbons (Fsp3) is 0. The van der Waals surface area contributed by atoms with Gasteiger partial charge >= 0.3 is 11.9 Å². The molecule has 0 amide bonds. The summed E-state index contributed by atoms with van der Waals surface area (Å²) in [4.78, 5) is 22.3. The molecule has 3 N–H and O–H groups in total. The van der Waals surface area contributed by atoms with Gasteiger partial charge in [0.25, 0.3) is 0 Å². The van der Waals surface area contributed by atoms with Gasteiger partial charge in [-0.3, -0.25) is 5.43 Å². The molecular formula is C24H16F2N4O4. The van der Waals surface area contributed by atoms with Crippen LogP contribution in [0.2, 0.25) is 0 Å². The number of carboxylic acids is 2. The zero-order chi connectivity index (χ0) is 24.2. The molecule has 0 fully saturated rings. The average Bonchev–Trinajstić information content (AvgIpc) is 3.24. The minimum atomic E-state index is -1.07. The third-order valence-electron chi connectivity index (χ3n) is 4.85. The van der Waals surface area contributed by atoms with Crippen LogP contribution in [0.1, 0.15) is 26.3 Å². The highest BCUT2D eigenvalue weighted by Crippen LogP contribution is 2.24. The molecule has 34 heavy (non-hydrogen) atoms. The third-order valence-corrected chi connectivity index (χ3v) is 4.85. The van der Waals surface area contributed by atoms with E-state index in [-0.39, 0.29) is 16.8 Å². The fourth-order valence-electron chi connectivity index (χ4n) is 3.12. The molecule has 0 aliphatic carbocycles. The first-order valence-corrected chi connectivity index (χ1v) is 9.83. The third kappa shape index (κ3) is 4.80. The van der Waals surface area contributed by atoms with Crippen LogP contribution in [0.5, 0.6) is 0 Å². The second-order valence-corrected chi connectivity index (χ2v) is 7.11. The lowest BCUT2D eigenvalue weighted by Crippen LogP contribution is -1.99. The Hall–Kier alpha value is -4.86. The Morgan fingerprint density at radius 1 is 0.912 bits per heavy atom. The first-order chi connectivity index (χ1) is 16.3. The van der Waals surface area contributed by atoms with Crippen molar-refractivity contribution < 1.29 is 28.6 Å². The Morgan fingerprint density at radius 2 is 1.53 bits per heavy atom. The molecule has 1 aromatic heterocycles. The van der Waals surface area contributed by atoms with Crippen molar-refractivity contribution in [1.29, 1.82) is 0 Å². The topological polar surface area (TPSA) is 117 Å². The number of hydrogen-bond acceptors (Lipinski definition) is 5. The summed E-state index contributed by atoms with van der Waals surface area (Å²) in [6.07, 6.45) is 3.01. The number of nitrogens with zero attached hydrogens (tertiary/aromatic N) is 3. The molecule has 3 aromatic carbocycles. The van der Waals surface area contributed by atoms with Gasteiger partial charge in [0.05, 0.1) is 28.7 Å². The smallest absolute Gasteiger partial charge is 0.335 e. The lowest BCUT2D eigenvalue weighted by molar-refractivity contribution is 0.0686. The number of anilines is 1. The zero-order valence-electron chi connectivity index (χ0n) is 17.3. The van der Waals surface area contributed by atoms with Crippen LogP contribution in [-0.2, 0) is 0 Å². The maximum absolute atomic E-state index is 13.9. The van der Waals surface area contributed by atoms with Gasteiger partial charge in [0.2, 0.25) is 0 Å². The van der Waals surface area contributed by atoms with Crippen molar-refractivity contribution in [1.82, 2.24) is 9.78 Å². The minimum absolute atomic E-state index is 0.0262. The van der Waals surface area contributed by atoms with Crippen LogP contribution in [0.25, 0.3) is 16.9 Å². The van der Waals surface area contributed by atoms with Crippen LogP contribution < -0.4 is 5.43 Å². The van der Waals surface area contributed by atoms with Crippen LogP contribution in [0.4, 0.5) is 14.5 Å². The molecule has 4 aromatic rings. The van der Waals surface area contributed by atoms with Gasteiger partial charge in [-0.05, 0) is 48.5 Å². The molecule has 1 heterocycles. The van der Waals surface area contributed by atoms with Crippen molar-refractivity contribution in [3.8, 4) is 16.9 Å². The van der Waals surface area contributed by atoms with Gasteiger partial charge in [-0.2, -0.15) is 10.2 Å². The summed E-state index contributed by atoms with van der Waals surface area (Å²) in [5.74, 6) is -3.65. The predicted molar refractivity (Wildman–Crippen MR) is 120 cm³/mol. The van der Waals surface area contributed by atoms with Gasteiger partial charge in [0.1, 0.15) is 11.5 Å². The van der Waals surface area contributed by atoms with Crippen LogP contribution in [0, 0.1) is 11.6 Å². The minimum Gasteiger partial charge on any atom is -0.478 e. The number of aromatic nitrogens is 2. The Balaban J connectivity index is 1.70. The molecule has 0 aliphatic rings. The molecule has 4 rings (SSSR count). The number of carbonyl (C=O) groups is 2. The number of halogens is 2. The molecule has 0 spiro atoms. The van der Waals surface area contributed by atoms with E-state index < -0.39 is 23.6 Å². The quantitative estimate of drug-likeness (QED) is 0.272. The second kappa shape index (κ2) is 9.33. The van der Waals surface area contributed by atoms with E-state index in [2.05, 4.69) is 15.6 Å².